The Hall–Kier alpha value is -1.91. The largest absolute Gasteiger partial charge is 0.384 e. The van der Waals surface area contributed by atoms with Crippen LogP contribution >= 0.6 is 0 Å². The lowest BCUT2D eigenvalue weighted by Crippen LogP contribution is -1.96. The monoisotopic (exact) mass is 217 g/mol. The van der Waals surface area contributed by atoms with Gasteiger partial charge in [-0.15, -0.1) is 0 Å². The molecule has 0 amide bonds. The molecule has 0 saturated carbocycles. The van der Waals surface area contributed by atoms with Gasteiger partial charge in [0.25, 0.3) is 0 Å². The number of nitrogen functional groups attached to an aromatic ring is 1. The fourth-order valence-corrected chi connectivity index (χ4v) is 1.44. The van der Waals surface area contributed by atoms with Gasteiger partial charge in [0.15, 0.2) is 11.6 Å². The number of aromatic nitrogens is 4. The summed E-state index contributed by atoms with van der Waals surface area (Å²) in [6.45, 7) is 4.14. The van der Waals surface area contributed by atoms with Crippen LogP contribution in [0.3, 0.4) is 0 Å². The van der Waals surface area contributed by atoms with Crippen LogP contribution in [0.25, 0.3) is 11.4 Å². The summed E-state index contributed by atoms with van der Waals surface area (Å²) >= 11 is 0. The van der Waals surface area contributed by atoms with Crippen molar-refractivity contribution < 1.29 is 0 Å². The van der Waals surface area contributed by atoms with Crippen molar-refractivity contribution in [2.45, 2.75) is 19.8 Å². The number of nitrogens with two attached hydrogens (primary N) is 1. The molecule has 2 heterocycles. The van der Waals surface area contributed by atoms with Crippen molar-refractivity contribution in [2.24, 2.45) is 7.05 Å². The third-order valence-electron chi connectivity index (χ3n) is 2.34. The molecule has 0 aliphatic carbocycles. The highest BCUT2D eigenvalue weighted by atomic mass is 15.3. The van der Waals surface area contributed by atoms with Crippen LogP contribution in [0.5, 0.6) is 0 Å². The SMILES string of the molecule is CC(C)c1nc(-c2ccc(N)nc2)n(C)n1. The Morgan fingerprint density at radius 2 is 2.06 bits per heavy atom. The lowest BCUT2D eigenvalue weighted by Gasteiger charge is -1.99. The molecular formula is C11H15N5. The van der Waals surface area contributed by atoms with E-state index in [4.69, 9.17) is 5.73 Å². The smallest absolute Gasteiger partial charge is 0.159 e. The molecule has 0 aliphatic heterocycles. The van der Waals surface area contributed by atoms with E-state index in [1.165, 1.54) is 0 Å². The van der Waals surface area contributed by atoms with Crippen LogP contribution in [0.15, 0.2) is 18.3 Å². The lowest BCUT2D eigenvalue weighted by atomic mass is 10.2. The Morgan fingerprint density at radius 3 is 2.56 bits per heavy atom. The molecule has 5 heteroatoms. The maximum absolute atomic E-state index is 5.54. The summed E-state index contributed by atoms with van der Waals surface area (Å²) < 4.78 is 1.77. The van der Waals surface area contributed by atoms with Crippen LogP contribution in [0.4, 0.5) is 5.82 Å². The van der Waals surface area contributed by atoms with E-state index in [2.05, 4.69) is 28.9 Å². The number of aryl methyl sites for hydroxylation is 1. The van der Waals surface area contributed by atoms with Crippen molar-refractivity contribution in [1.29, 1.82) is 0 Å². The third-order valence-corrected chi connectivity index (χ3v) is 2.34. The van der Waals surface area contributed by atoms with E-state index in [1.54, 1.807) is 16.9 Å². The fraction of sp³-hybridized carbons (Fsp3) is 0.364. The van der Waals surface area contributed by atoms with Gasteiger partial charge in [0.2, 0.25) is 0 Å². The molecule has 5 nitrogen and oxygen atoms in total. The zero-order chi connectivity index (χ0) is 11.7. The Balaban J connectivity index is 2.44. The molecule has 0 spiro atoms. The van der Waals surface area contributed by atoms with Gasteiger partial charge in [-0.05, 0) is 12.1 Å². The first kappa shape index (κ1) is 10.6. The van der Waals surface area contributed by atoms with Crippen molar-refractivity contribution >= 4 is 5.82 Å². The van der Waals surface area contributed by atoms with Crippen LogP contribution in [-0.2, 0) is 7.05 Å². The van der Waals surface area contributed by atoms with E-state index in [0.29, 0.717) is 11.7 Å². The quantitative estimate of drug-likeness (QED) is 0.829. The van der Waals surface area contributed by atoms with Gasteiger partial charge in [-0.2, -0.15) is 5.10 Å². The van der Waals surface area contributed by atoms with E-state index in [1.807, 2.05) is 13.1 Å². The normalized spacial score (nSPS) is 11.0. The number of rotatable bonds is 2. The molecule has 16 heavy (non-hydrogen) atoms. The van der Waals surface area contributed by atoms with Crippen LogP contribution in [0, 0.1) is 0 Å². The summed E-state index contributed by atoms with van der Waals surface area (Å²) in [5.74, 6) is 2.49. The lowest BCUT2D eigenvalue weighted by molar-refractivity contribution is 0.712. The summed E-state index contributed by atoms with van der Waals surface area (Å²) in [5.41, 5.74) is 6.47. The van der Waals surface area contributed by atoms with Gasteiger partial charge in [-0.1, -0.05) is 13.8 Å². The van der Waals surface area contributed by atoms with Crippen LogP contribution in [0.1, 0.15) is 25.6 Å². The number of hydrogen-bond acceptors (Lipinski definition) is 4. The molecule has 84 valence electrons. The Morgan fingerprint density at radius 1 is 1.31 bits per heavy atom. The zero-order valence-electron chi connectivity index (χ0n) is 9.68. The first-order chi connectivity index (χ1) is 7.58. The molecule has 0 saturated heterocycles. The number of anilines is 1. The number of hydrogen-bond donors (Lipinski definition) is 1. The highest BCUT2D eigenvalue weighted by Crippen LogP contribution is 2.19. The van der Waals surface area contributed by atoms with Crippen molar-refractivity contribution in [3.8, 4) is 11.4 Å². The molecule has 0 aliphatic rings. The van der Waals surface area contributed by atoms with Crippen molar-refractivity contribution in [1.82, 2.24) is 19.7 Å². The Bertz CT molecular complexity index is 484. The Labute approximate surface area is 94.3 Å². The van der Waals surface area contributed by atoms with Crippen LogP contribution in [-0.4, -0.2) is 19.7 Å². The molecular weight excluding hydrogens is 202 g/mol. The van der Waals surface area contributed by atoms with Gasteiger partial charge in [0, 0.05) is 24.7 Å². The fourth-order valence-electron chi connectivity index (χ4n) is 1.44. The second-order valence-electron chi connectivity index (χ2n) is 4.04. The van der Waals surface area contributed by atoms with Gasteiger partial charge in [-0.3, -0.25) is 0 Å². The minimum Gasteiger partial charge on any atom is -0.384 e. The van der Waals surface area contributed by atoms with E-state index in [-0.39, 0.29) is 0 Å². The molecule has 0 aromatic carbocycles. The summed E-state index contributed by atoms with van der Waals surface area (Å²) in [4.78, 5) is 8.53. The molecule has 2 N–H and O–H groups in total. The standard InChI is InChI=1S/C11H15N5/c1-7(2)10-14-11(16(3)15-10)8-4-5-9(12)13-6-8/h4-7H,1-3H3,(H2,12,13). The van der Waals surface area contributed by atoms with E-state index < -0.39 is 0 Å². The Kier molecular flexibility index (Phi) is 2.60. The summed E-state index contributed by atoms with van der Waals surface area (Å²) in [7, 11) is 1.88. The molecule has 2 aromatic heterocycles. The highest BCUT2D eigenvalue weighted by Gasteiger charge is 2.11. The van der Waals surface area contributed by atoms with Crippen molar-refractivity contribution in [3.63, 3.8) is 0 Å². The predicted octanol–water partition coefficient (Wildman–Crippen LogP) is 1.58. The molecule has 0 atom stereocenters. The predicted molar refractivity (Wildman–Crippen MR) is 62.7 cm³/mol. The van der Waals surface area contributed by atoms with E-state index in [9.17, 15) is 0 Å². The number of nitrogens with zero attached hydrogens (tertiary/aromatic N) is 4. The first-order valence-electron chi connectivity index (χ1n) is 5.20. The molecule has 2 rings (SSSR count). The molecule has 0 radical (unpaired) electrons. The maximum atomic E-state index is 5.54. The molecule has 0 bridgehead atoms. The third kappa shape index (κ3) is 1.88. The highest BCUT2D eigenvalue weighted by molar-refractivity contribution is 5.55. The van der Waals surface area contributed by atoms with Crippen LogP contribution in [0.2, 0.25) is 0 Å². The van der Waals surface area contributed by atoms with Crippen molar-refractivity contribution in [2.75, 3.05) is 5.73 Å². The average Bonchev–Trinajstić information content (AvgIpc) is 2.62. The molecule has 2 aromatic rings. The van der Waals surface area contributed by atoms with E-state index in [0.717, 1.165) is 17.2 Å². The minimum atomic E-state index is 0.321. The topological polar surface area (TPSA) is 69.6 Å². The second-order valence-corrected chi connectivity index (χ2v) is 4.04. The van der Waals surface area contributed by atoms with Gasteiger partial charge in [0.05, 0.1) is 0 Å². The zero-order valence-corrected chi connectivity index (χ0v) is 9.68. The van der Waals surface area contributed by atoms with Crippen LogP contribution < -0.4 is 5.73 Å². The van der Waals surface area contributed by atoms with Gasteiger partial charge < -0.3 is 5.73 Å². The number of pyridine rings is 1. The first-order valence-corrected chi connectivity index (χ1v) is 5.20. The molecule has 0 fully saturated rings. The summed E-state index contributed by atoms with van der Waals surface area (Å²) in [5, 5.41) is 4.36. The minimum absolute atomic E-state index is 0.321. The van der Waals surface area contributed by atoms with Gasteiger partial charge >= 0.3 is 0 Å². The average molecular weight is 217 g/mol. The van der Waals surface area contributed by atoms with Gasteiger partial charge in [0.1, 0.15) is 5.82 Å². The summed E-state index contributed by atoms with van der Waals surface area (Å²) in [6.07, 6.45) is 1.71. The molecule has 0 unspecified atom stereocenters. The summed E-state index contributed by atoms with van der Waals surface area (Å²) in [6, 6.07) is 3.66. The van der Waals surface area contributed by atoms with Crippen molar-refractivity contribution in [3.05, 3.63) is 24.2 Å². The maximum Gasteiger partial charge on any atom is 0.159 e. The van der Waals surface area contributed by atoms with E-state index >= 15 is 0 Å². The van der Waals surface area contributed by atoms with Gasteiger partial charge in [-0.25, -0.2) is 14.6 Å². The second kappa shape index (κ2) is 3.92.